The molecule has 2 aromatic rings. The van der Waals surface area contributed by atoms with Gasteiger partial charge in [-0.3, -0.25) is 9.69 Å². The lowest BCUT2D eigenvalue weighted by Gasteiger charge is -2.34. The van der Waals surface area contributed by atoms with Crippen LogP contribution in [0.25, 0.3) is 5.69 Å². The van der Waals surface area contributed by atoms with E-state index in [0.717, 1.165) is 55.0 Å². The molecule has 1 amide bonds. The third-order valence-corrected chi connectivity index (χ3v) is 8.26. The average Bonchev–Trinajstić information content (AvgIpc) is 3.25. The van der Waals surface area contributed by atoms with Gasteiger partial charge in [0.1, 0.15) is 0 Å². The highest BCUT2D eigenvalue weighted by Crippen LogP contribution is 2.25. The van der Waals surface area contributed by atoms with E-state index in [1.54, 1.807) is 0 Å². The van der Waals surface area contributed by atoms with Crippen LogP contribution in [0.3, 0.4) is 0 Å². The summed E-state index contributed by atoms with van der Waals surface area (Å²) in [6, 6.07) is 10.1. The lowest BCUT2D eigenvalue weighted by atomic mass is 9.94. The second kappa shape index (κ2) is 8.51. The van der Waals surface area contributed by atoms with Crippen LogP contribution in [-0.2, 0) is 21.2 Å². The molecule has 30 heavy (non-hydrogen) atoms. The van der Waals surface area contributed by atoms with E-state index in [0.29, 0.717) is 12.3 Å². The van der Waals surface area contributed by atoms with E-state index in [1.807, 2.05) is 48.9 Å². The van der Waals surface area contributed by atoms with Crippen molar-refractivity contribution in [1.82, 2.24) is 20.0 Å². The number of benzene rings is 1. The smallest absolute Gasteiger partial charge is 0.223 e. The molecule has 1 N–H and O–H groups in total. The molecule has 0 saturated carbocycles. The van der Waals surface area contributed by atoms with Gasteiger partial charge in [0.05, 0.1) is 22.9 Å². The lowest BCUT2D eigenvalue weighted by molar-refractivity contribution is -0.126. The maximum atomic E-state index is 12.7. The number of para-hydroxylation sites is 1. The molecule has 1 aromatic carbocycles. The van der Waals surface area contributed by atoms with Gasteiger partial charge in [-0.05, 0) is 58.3 Å². The molecule has 0 aliphatic carbocycles. The molecule has 2 aliphatic heterocycles. The first-order valence-electron chi connectivity index (χ1n) is 10.7. The van der Waals surface area contributed by atoms with E-state index in [9.17, 15) is 13.2 Å². The van der Waals surface area contributed by atoms with Crippen molar-refractivity contribution >= 4 is 15.7 Å². The van der Waals surface area contributed by atoms with Crippen molar-refractivity contribution in [2.45, 2.75) is 45.7 Å². The number of sulfone groups is 1. The predicted molar refractivity (Wildman–Crippen MR) is 116 cm³/mol. The Morgan fingerprint density at radius 3 is 2.47 bits per heavy atom. The Labute approximate surface area is 178 Å². The molecule has 0 bridgehead atoms. The Bertz CT molecular complexity index is 1010. The summed E-state index contributed by atoms with van der Waals surface area (Å²) in [7, 11) is -2.87. The average molecular weight is 431 g/mol. The number of carbonyl (C=O) groups excluding carboxylic acids is 1. The summed E-state index contributed by atoms with van der Waals surface area (Å²) in [6.07, 6.45) is 2.29. The number of aryl methyl sites for hydroxylation is 1. The number of hydrogen-bond donors (Lipinski definition) is 1. The van der Waals surface area contributed by atoms with Gasteiger partial charge in [0.2, 0.25) is 5.91 Å². The minimum Gasteiger partial charge on any atom is -0.352 e. The third-order valence-electron chi connectivity index (χ3n) is 6.51. The molecule has 1 aromatic heterocycles. The maximum absolute atomic E-state index is 12.7. The zero-order valence-corrected chi connectivity index (χ0v) is 18.5. The van der Waals surface area contributed by atoms with E-state index in [-0.39, 0.29) is 23.6 Å². The lowest BCUT2D eigenvalue weighted by Crippen LogP contribution is -2.45. The van der Waals surface area contributed by atoms with Gasteiger partial charge in [-0.15, -0.1) is 0 Å². The molecule has 8 heteroatoms. The molecule has 0 radical (unpaired) electrons. The second-order valence-electron chi connectivity index (χ2n) is 8.48. The minimum atomic E-state index is -2.87. The van der Waals surface area contributed by atoms with Gasteiger partial charge in [0, 0.05) is 29.8 Å². The van der Waals surface area contributed by atoms with Gasteiger partial charge in [-0.1, -0.05) is 18.2 Å². The predicted octanol–water partition coefficient (Wildman–Crippen LogP) is 2.00. The number of likely N-dealkylation sites (tertiary alicyclic amines) is 1. The molecule has 2 aliphatic rings. The molecule has 1 atom stereocenters. The number of aromatic nitrogens is 2. The van der Waals surface area contributed by atoms with Gasteiger partial charge in [0.25, 0.3) is 0 Å². The molecular formula is C22H30N4O3S. The number of amides is 1. The van der Waals surface area contributed by atoms with E-state index < -0.39 is 9.84 Å². The Balaban J connectivity index is 1.32. The van der Waals surface area contributed by atoms with Gasteiger partial charge in [-0.2, -0.15) is 5.10 Å². The van der Waals surface area contributed by atoms with Gasteiger partial charge in [-0.25, -0.2) is 13.1 Å². The highest BCUT2D eigenvalue weighted by atomic mass is 32.2. The van der Waals surface area contributed by atoms with Crippen molar-refractivity contribution in [3.63, 3.8) is 0 Å². The van der Waals surface area contributed by atoms with Crippen LogP contribution in [-0.4, -0.2) is 59.6 Å². The van der Waals surface area contributed by atoms with Crippen LogP contribution in [0.5, 0.6) is 0 Å². The molecule has 2 saturated heterocycles. The molecule has 2 fully saturated rings. The quantitative estimate of drug-likeness (QED) is 0.784. The van der Waals surface area contributed by atoms with Crippen molar-refractivity contribution in [3.05, 3.63) is 47.3 Å². The Morgan fingerprint density at radius 1 is 1.13 bits per heavy atom. The molecule has 7 nitrogen and oxygen atoms in total. The summed E-state index contributed by atoms with van der Waals surface area (Å²) in [5.74, 6) is 0.644. The van der Waals surface area contributed by atoms with Gasteiger partial charge in [0.15, 0.2) is 9.84 Å². The number of nitrogens with one attached hydrogen (secondary N) is 1. The van der Waals surface area contributed by atoms with Crippen molar-refractivity contribution < 1.29 is 13.2 Å². The first-order chi connectivity index (χ1) is 14.3. The largest absolute Gasteiger partial charge is 0.352 e. The van der Waals surface area contributed by atoms with Gasteiger partial charge < -0.3 is 5.32 Å². The van der Waals surface area contributed by atoms with Crippen molar-refractivity contribution in [1.29, 1.82) is 0 Å². The van der Waals surface area contributed by atoms with Crippen molar-refractivity contribution in [3.8, 4) is 5.69 Å². The van der Waals surface area contributed by atoms with Crippen LogP contribution < -0.4 is 5.32 Å². The first-order valence-corrected chi connectivity index (χ1v) is 12.5. The van der Waals surface area contributed by atoms with Crippen LogP contribution in [0.15, 0.2) is 30.3 Å². The maximum Gasteiger partial charge on any atom is 0.223 e. The third kappa shape index (κ3) is 4.44. The fraction of sp³-hybridized carbons (Fsp3) is 0.545. The van der Waals surface area contributed by atoms with E-state index in [1.165, 1.54) is 0 Å². The number of piperidine rings is 1. The molecule has 0 unspecified atom stereocenters. The number of rotatable bonds is 5. The van der Waals surface area contributed by atoms with Crippen LogP contribution in [0, 0.1) is 19.8 Å². The van der Waals surface area contributed by atoms with E-state index >= 15 is 0 Å². The summed E-state index contributed by atoms with van der Waals surface area (Å²) >= 11 is 0. The topological polar surface area (TPSA) is 84.3 Å². The van der Waals surface area contributed by atoms with Crippen LogP contribution in [0.4, 0.5) is 0 Å². The second-order valence-corrected chi connectivity index (χ2v) is 10.7. The fourth-order valence-electron chi connectivity index (χ4n) is 4.66. The summed E-state index contributed by atoms with van der Waals surface area (Å²) < 4.78 is 25.4. The normalized spacial score (nSPS) is 22.3. The van der Waals surface area contributed by atoms with Crippen LogP contribution >= 0.6 is 0 Å². The zero-order valence-electron chi connectivity index (χ0n) is 17.7. The summed E-state index contributed by atoms with van der Waals surface area (Å²) in [4.78, 5) is 15.0. The van der Waals surface area contributed by atoms with Crippen molar-refractivity contribution in [2.24, 2.45) is 5.92 Å². The van der Waals surface area contributed by atoms with E-state index in [2.05, 4.69) is 15.3 Å². The molecule has 4 rings (SSSR count). The summed E-state index contributed by atoms with van der Waals surface area (Å²) in [6.45, 7) is 6.07. The van der Waals surface area contributed by atoms with Crippen molar-refractivity contribution in [2.75, 3.05) is 24.6 Å². The molecule has 3 heterocycles. The Kier molecular flexibility index (Phi) is 5.97. The Hall–Kier alpha value is -2.19. The standard InChI is InChI=1S/C22H30N4O3S/c1-16-21(17(2)26(24-16)19-6-4-3-5-7-19)14-23-22(27)18-8-11-25(12-9-18)20-10-13-30(28,29)15-20/h3-7,18,20H,8-15H2,1-2H3,(H,23,27)/t20-/m1/s1. The van der Waals surface area contributed by atoms with Crippen LogP contribution in [0.2, 0.25) is 0 Å². The number of carbonyl (C=O) groups is 1. The molecular weight excluding hydrogens is 400 g/mol. The minimum absolute atomic E-state index is 0.0101. The monoisotopic (exact) mass is 430 g/mol. The highest BCUT2D eigenvalue weighted by Gasteiger charge is 2.35. The SMILES string of the molecule is Cc1nn(-c2ccccc2)c(C)c1CNC(=O)C1CCN([C@@H]2CCS(=O)(=O)C2)CC1. The highest BCUT2D eigenvalue weighted by molar-refractivity contribution is 7.91. The summed E-state index contributed by atoms with van der Waals surface area (Å²) in [5, 5.41) is 7.75. The fourth-order valence-corrected chi connectivity index (χ4v) is 6.42. The molecule has 0 spiro atoms. The van der Waals surface area contributed by atoms with Crippen LogP contribution in [0.1, 0.15) is 36.2 Å². The number of hydrogen-bond acceptors (Lipinski definition) is 5. The van der Waals surface area contributed by atoms with E-state index in [4.69, 9.17) is 0 Å². The molecule has 162 valence electrons. The summed E-state index contributed by atoms with van der Waals surface area (Å²) in [5.41, 5.74) is 4.03. The number of nitrogens with zero attached hydrogens (tertiary/aromatic N) is 3. The zero-order chi connectivity index (χ0) is 21.3. The Morgan fingerprint density at radius 2 is 1.83 bits per heavy atom. The first kappa shape index (κ1) is 21.1. The van der Waals surface area contributed by atoms with Gasteiger partial charge >= 0.3 is 0 Å².